The van der Waals surface area contributed by atoms with Crippen LogP contribution in [-0.4, -0.2) is 40.2 Å². The summed E-state index contributed by atoms with van der Waals surface area (Å²) in [7, 11) is -1.06. The first kappa shape index (κ1) is 16.2. The Bertz CT molecular complexity index is 768. The SMILES string of the molecule is O=C(NC(Cc1ccncc1)C(=O)O)c1ccc2c(c1)B(O)OC2. The zero-order chi connectivity index (χ0) is 17.1. The number of nitrogens with one attached hydrogen (secondary N) is 1. The number of aliphatic carboxylic acids is 1. The number of nitrogens with zero attached hydrogens (tertiary/aromatic N) is 1. The number of carboxylic acids is 1. The third kappa shape index (κ3) is 3.45. The maximum Gasteiger partial charge on any atom is 0.491 e. The van der Waals surface area contributed by atoms with Gasteiger partial charge in [0.2, 0.25) is 0 Å². The number of aromatic nitrogens is 1. The summed E-state index contributed by atoms with van der Waals surface area (Å²) < 4.78 is 5.08. The first-order valence-corrected chi connectivity index (χ1v) is 7.39. The van der Waals surface area contributed by atoms with Crippen molar-refractivity contribution in [2.24, 2.45) is 0 Å². The molecule has 0 spiro atoms. The number of hydrogen-bond acceptors (Lipinski definition) is 5. The molecule has 1 aromatic carbocycles. The highest BCUT2D eigenvalue weighted by molar-refractivity contribution is 6.61. The molecule has 1 unspecified atom stereocenters. The van der Waals surface area contributed by atoms with Crippen LogP contribution in [0.1, 0.15) is 21.5 Å². The van der Waals surface area contributed by atoms with Crippen molar-refractivity contribution in [2.75, 3.05) is 0 Å². The highest BCUT2D eigenvalue weighted by atomic mass is 16.5. The fraction of sp³-hybridized carbons (Fsp3) is 0.188. The van der Waals surface area contributed by atoms with Crippen LogP contribution in [0.2, 0.25) is 0 Å². The molecule has 1 aliphatic heterocycles. The van der Waals surface area contributed by atoms with Crippen LogP contribution < -0.4 is 10.8 Å². The summed E-state index contributed by atoms with van der Waals surface area (Å²) in [6.45, 7) is 0.290. The van der Waals surface area contributed by atoms with Gasteiger partial charge < -0.3 is 20.1 Å². The summed E-state index contributed by atoms with van der Waals surface area (Å²) >= 11 is 0. The van der Waals surface area contributed by atoms with Gasteiger partial charge in [0.1, 0.15) is 6.04 Å². The quantitative estimate of drug-likeness (QED) is 0.653. The molecule has 1 atom stereocenters. The molecular formula is C16H15BN2O5. The molecule has 3 rings (SSSR count). The molecule has 3 N–H and O–H groups in total. The van der Waals surface area contributed by atoms with E-state index in [1.165, 1.54) is 6.07 Å². The molecule has 1 amide bonds. The average Bonchev–Trinajstić information content (AvgIpc) is 2.95. The topological polar surface area (TPSA) is 109 Å². The molecule has 1 aromatic heterocycles. The molecule has 0 saturated heterocycles. The predicted molar refractivity (Wildman–Crippen MR) is 85.7 cm³/mol. The summed E-state index contributed by atoms with van der Waals surface area (Å²) in [5, 5.41) is 21.5. The third-order valence-corrected chi connectivity index (χ3v) is 3.86. The van der Waals surface area contributed by atoms with E-state index in [0.717, 1.165) is 11.1 Å². The van der Waals surface area contributed by atoms with E-state index in [4.69, 9.17) is 4.65 Å². The van der Waals surface area contributed by atoms with Crippen molar-refractivity contribution in [3.63, 3.8) is 0 Å². The van der Waals surface area contributed by atoms with Crippen LogP contribution in [0, 0.1) is 0 Å². The Morgan fingerprint density at radius 2 is 2.04 bits per heavy atom. The van der Waals surface area contributed by atoms with Gasteiger partial charge in [-0.1, -0.05) is 6.07 Å². The van der Waals surface area contributed by atoms with Crippen LogP contribution >= 0.6 is 0 Å². The lowest BCUT2D eigenvalue weighted by molar-refractivity contribution is -0.139. The van der Waals surface area contributed by atoms with Gasteiger partial charge in [-0.3, -0.25) is 9.78 Å². The van der Waals surface area contributed by atoms with E-state index in [1.54, 1.807) is 36.7 Å². The molecule has 0 fully saturated rings. The second-order valence-electron chi connectivity index (χ2n) is 5.50. The molecule has 8 heteroatoms. The summed E-state index contributed by atoms with van der Waals surface area (Å²) in [5.74, 6) is -1.64. The van der Waals surface area contributed by atoms with Crippen LogP contribution in [0.5, 0.6) is 0 Å². The van der Waals surface area contributed by atoms with Gasteiger partial charge in [-0.25, -0.2) is 4.79 Å². The number of amides is 1. The normalized spacial score (nSPS) is 14.1. The number of carbonyl (C=O) groups is 2. The van der Waals surface area contributed by atoms with Gasteiger partial charge in [-0.15, -0.1) is 0 Å². The van der Waals surface area contributed by atoms with Crippen molar-refractivity contribution < 1.29 is 24.4 Å². The van der Waals surface area contributed by atoms with Crippen molar-refractivity contribution in [2.45, 2.75) is 19.1 Å². The van der Waals surface area contributed by atoms with E-state index >= 15 is 0 Å². The zero-order valence-corrected chi connectivity index (χ0v) is 12.7. The van der Waals surface area contributed by atoms with Crippen LogP contribution in [-0.2, 0) is 22.5 Å². The number of rotatable bonds is 5. The smallest absolute Gasteiger partial charge is 0.480 e. The molecular weight excluding hydrogens is 311 g/mol. The van der Waals surface area contributed by atoms with Gasteiger partial charge in [0.25, 0.3) is 5.91 Å². The standard InChI is InChI=1S/C16H15BN2O5/c20-15(11-1-2-12-9-24-17(23)13(12)8-11)19-14(16(21)22)7-10-3-5-18-6-4-10/h1-6,8,14,23H,7,9H2,(H,19,20)(H,21,22). The van der Waals surface area contributed by atoms with Crippen molar-refractivity contribution >= 4 is 24.5 Å². The predicted octanol–water partition coefficient (Wildman–Crippen LogP) is -0.275. The Balaban J connectivity index is 1.74. The van der Waals surface area contributed by atoms with Gasteiger partial charge in [0, 0.05) is 24.4 Å². The lowest BCUT2D eigenvalue weighted by atomic mass is 9.78. The molecule has 0 aliphatic carbocycles. The van der Waals surface area contributed by atoms with E-state index in [0.29, 0.717) is 5.46 Å². The van der Waals surface area contributed by atoms with Crippen molar-refractivity contribution in [3.8, 4) is 0 Å². The minimum Gasteiger partial charge on any atom is -0.480 e. The monoisotopic (exact) mass is 326 g/mol. The average molecular weight is 326 g/mol. The van der Waals surface area contributed by atoms with Crippen LogP contribution in [0.3, 0.4) is 0 Å². The Morgan fingerprint density at radius 3 is 2.75 bits per heavy atom. The number of carboxylic acid groups (broad SMARTS) is 1. The highest BCUT2D eigenvalue weighted by Gasteiger charge is 2.28. The van der Waals surface area contributed by atoms with E-state index in [-0.39, 0.29) is 18.6 Å². The number of carbonyl (C=O) groups excluding carboxylic acids is 1. The van der Waals surface area contributed by atoms with Crippen molar-refractivity contribution in [1.29, 1.82) is 0 Å². The fourth-order valence-electron chi connectivity index (χ4n) is 2.55. The Kier molecular flexibility index (Phi) is 4.59. The van der Waals surface area contributed by atoms with E-state index in [9.17, 15) is 19.7 Å². The Hall–Kier alpha value is -2.71. The largest absolute Gasteiger partial charge is 0.491 e. The lowest BCUT2D eigenvalue weighted by Gasteiger charge is -2.15. The molecule has 1 aliphatic rings. The van der Waals surface area contributed by atoms with Crippen LogP contribution in [0.4, 0.5) is 0 Å². The number of fused-ring (bicyclic) bond motifs is 1. The first-order chi connectivity index (χ1) is 11.5. The first-order valence-electron chi connectivity index (χ1n) is 7.39. The summed E-state index contributed by atoms with van der Waals surface area (Å²) in [4.78, 5) is 27.6. The number of pyridine rings is 1. The van der Waals surface area contributed by atoms with E-state index < -0.39 is 25.0 Å². The summed E-state index contributed by atoms with van der Waals surface area (Å²) in [6.07, 6.45) is 3.29. The fourth-order valence-corrected chi connectivity index (χ4v) is 2.55. The van der Waals surface area contributed by atoms with Gasteiger partial charge in [-0.05, 0) is 40.9 Å². The van der Waals surface area contributed by atoms with Crippen LogP contribution in [0.15, 0.2) is 42.7 Å². The number of hydrogen-bond donors (Lipinski definition) is 3. The Morgan fingerprint density at radius 1 is 1.29 bits per heavy atom. The molecule has 2 aromatic rings. The Labute approximate surface area is 138 Å². The lowest BCUT2D eigenvalue weighted by Crippen LogP contribution is -2.42. The van der Waals surface area contributed by atoms with Crippen molar-refractivity contribution in [3.05, 3.63) is 59.4 Å². The maximum atomic E-state index is 12.3. The minimum atomic E-state index is -1.12. The summed E-state index contributed by atoms with van der Waals surface area (Å²) in [6, 6.07) is 7.14. The molecule has 0 radical (unpaired) electrons. The molecule has 0 saturated carbocycles. The second-order valence-corrected chi connectivity index (χ2v) is 5.50. The highest BCUT2D eigenvalue weighted by Crippen LogP contribution is 2.12. The van der Waals surface area contributed by atoms with Gasteiger partial charge in [0.05, 0.1) is 6.61 Å². The molecule has 24 heavy (non-hydrogen) atoms. The second kappa shape index (κ2) is 6.82. The maximum absolute atomic E-state index is 12.3. The third-order valence-electron chi connectivity index (χ3n) is 3.86. The number of benzene rings is 1. The molecule has 0 bridgehead atoms. The van der Waals surface area contributed by atoms with Crippen molar-refractivity contribution in [1.82, 2.24) is 10.3 Å². The van der Waals surface area contributed by atoms with E-state index in [1.807, 2.05) is 0 Å². The van der Waals surface area contributed by atoms with Crippen LogP contribution in [0.25, 0.3) is 0 Å². The minimum absolute atomic E-state index is 0.153. The van der Waals surface area contributed by atoms with E-state index in [2.05, 4.69) is 10.3 Å². The van der Waals surface area contributed by atoms with Gasteiger partial charge in [0.15, 0.2) is 0 Å². The van der Waals surface area contributed by atoms with Gasteiger partial charge >= 0.3 is 13.1 Å². The molecule has 122 valence electrons. The molecule has 2 heterocycles. The zero-order valence-electron chi connectivity index (χ0n) is 12.7. The summed E-state index contributed by atoms with van der Waals surface area (Å²) in [5.41, 5.74) is 2.38. The molecule has 7 nitrogen and oxygen atoms in total. The van der Waals surface area contributed by atoms with Gasteiger partial charge in [-0.2, -0.15) is 0 Å².